The lowest BCUT2D eigenvalue weighted by Crippen LogP contribution is -2.49. The summed E-state index contributed by atoms with van der Waals surface area (Å²) in [6.07, 6.45) is 5.98. The first-order chi connectivity index (χ1) is 23.0. The number of likely N-dealkylation sites (N-methyl/N-ethyl adjacent to an activating group) is 1. The Bertz CT molecular complexity index is 1780. The fourth-order valence-electron chi connectivity index (χ4n) is 7.11. The summed E-state index contributed by atoms with van der Waals surface area (Å²) in [6.45, 7) is 5.04. The average Bonchev–Trinajstić information content (AvgIpc) is 3.52. The number of amides is 2. The van der Waals surface area contributed by atoms with Crippen molar-refractivity contribution in [2.24, 2.45) is 0 Å². The second-order valence-electron chi connectivity index (χ2n) is 12.8. The molecule has 242 valence electrons. The van der Waals surface area contributed by atoms with Crippen LogP contribution in [-0.2, 0) is 6.54 Å². The second-order valence-corrected chi connectivity index (χ2v) is 12.8. The van der Waals surface area contributed by atoms with Gasteiger partial charge in [0.2, 0.25) is 0 Å². The number of nitrogen functional groups attached to an aromatic ring is 1. The van der Waals surface area contributed by atoms with Gasteiger partial charge in [0.05, 0.1) is 17.5 Å². The molecule has 0 radical (unpaired) electrons. The summed E-state index contributed by atoms with van der Waals surface area (Å²) in [7, 11) is 2.21. The zero-order chi connectivity index (χ0) is 32.2. The van der Waals surface area contributed by atoms with Crippen molar-refractivity contribution in [1.29, 1.82) is 0 Å². The van der Waals surface area contributed by atoms with Crippen LogP contribution in [0.25, 0.3) is 22.3 Å². The van der Waals surface area contributed by atoms with E-state index in [2.05, 4.69) is 66.4 Å². The minimum atomic E-state index is -0.334. The van der Waals surface area contributed by atoms with Gasteiger partial charge in [-0.15, -0.1) is 0 Å². The molecule has 2 aromatic heterocycles. The molecular formula is C37H43N9O. The zero-order valence-corrected chi connectivity index (χ0v) is 26.9. The number of nitrogens with one attached hydrogen (secondary N) is 2. The van der Waals surface area contributed by atoms with Crippen molar-refractivity contribution in [2.45, 2.75) is 50.4 Å². The van der Waals surface area contributed by atoms with Gasteiger partial charge in [-0.2, -0.15) is 5.10 Å². The summed E-state index contributed by atoms with van der Waals surface area (Å²) in [5.41, 5.74) is 12.0. The molecule has 2 amide bonds. The predicted molar refractivity (Wildman–Crippen MR) is 186 cm³/mol. The Morgan fingerprint density at radius 3 is 2.17 bits per heavy atom. The summed E-state index contributed by atoms with van der Waals surface area (Å²) < 4.78 is 2.10. The molecule has 1 unspecified atom stereocenters. The first kappa shape index (κ1) is 30.8. The van der Waals surface area contributed by atoms with E-state index in [0.717, 1.165) is 90.8 Å². The SMILES string of the molecule is CN1CCN(C2CCC(n3nc(-c4ccc(C(NC(=O)NCc5ccccc5)c5ccccc5)cc4)c4c(N)ncnc43)CC2)CC1. The molecule has 1 aliphatic heterocycles. The number of rotatable bonds is 8. The molecule has 1 saturated carbocycles. The summed E-state index contributed by atoms with van der Waals surface area (Å²) >= 11 is 0. The normalized spacial score (nSPS) is 19.8. The predicted octanol–water partition coefficient (Wildman–Crippen LogP) is 5.40. The molecule has 1 aliphatic carbocycles. The Labute approximate surface area is 276 Å². The Morgan fingerprint density at radius 2 is 1.47 bits per heavy atom. The molecule has 0 spiro atoms. The molecule has 7 rings (SSSR count). The van der Waals surface area contributed by atoms with Crippen molar-refractivity contribution < 1.29 is 4.79 Å². The number of nitrogens with two attached hydrogens (primary N) is 1. The first-order valence-electron chi connectivity index (χ1n) is 16.7. The summed E-state index contributed by atoms with van der Waals surface area (Å²) in [5, 5.41) is 12.1. The molecule has 1 saturated heterocycles. The van der Waals surface area contributed by atoms with Gasteiger partial charge >= 0.3 is 6.03 Å². The summed E-state index contributed by atoms with van der Waals surface area (Å²) in [4.78, 5) is 27.2. The molecule has 2 aliphatic rings. The molecule has 47 heavy (non-hydrogen) atoms. The first-order valence-corrected chi connectivity index (χ1v) is 16.7. The van der Waals surface area contributed by atoms with E-state index in [1.165, 1.54) is 6.33 Å². The van der Waals surface area contributed by atoms with Gasteiger partial charge in [-0.3, -0.25) is 4.90 Å². The van der Waals surface area contributed by atoms with Crippen LogP contribution in [0.2, 0.25) is 0 Å². The van der Waals surface area contributed by atoms with Gasteiger partial charge in [-0.25, -0.2) is 19.4 Å². The summed E-state index contributed by atoms with van der Waals surface area (Å²) in [5.74, 6) is 0.436. The van der Waals surface area contributed by atoms with Gasteiger partial charge < -0.3 is 21.3 Å². The van der Waals surface area contributed by atoms with E-state index in [1.54, 1.807) is 0 Å². The highest BCUT2D eigenvalue weighted by molar-refractivity contribution is 5.98. The molecule has 0 bridgehead atoms. The van der Waals surface area contributed by atoms with E-state index >= 15 is 0 Å². The van der Waals surface area contributed by atoms with Gasteiger partial charge in [0, 0.05) is 44.3 Å². The highest BCUT2D eigenvalue weighted by atomic mass is 16.2. The number of carbonyl (C=O) groups excluding carboxylic acids is 1. The Morgan fingerprint density at radius 1 is 0.830 bits per heavy atom. The highest BCUT2D eigenvalue weighted by Crippen LogP contribution is 2.37. The third-order valence-electron chi connectivity index (χ3n) is 9.81. The van der Waals surface area contributed by atoms with Gasteiger partial charge in [-0.1, -0.05) is 84.9 Å². The van der Waals surface area contributed by atoms with Crippen molar-refractivity contribution >= 4 is 22.9 Å². The quantitative estimate of drug-likeness (QED) is 0.211. The van der Waals surface area contributed by atoms with Crippen molar-refractivity contribution in [1.82, 2.24) is 40.2 Å². The van der Waals surface area contributed by atoms with Crippen molar-refractivity contribution in [3.63, 3.8) is 0 Å². The molecular weight excluding hydrogens is 586 g/mol. The Balaban J connectivity index is 1.11. The molecule has 10 nitrogen and oxygen atoms in total. The third kappa shape index (κ3) is 6.84. The van der Waals surface area contributed by atoms with Crippen LogP contribution in [0.3, 0.4) is 0 Å². The smallest absolute Gasteiger partial charge is 0.315 e. The number of urea groups is 1. The monoisotopic (exact) mass is 629 g/mol. The molecule has 5 aromatic rings. The number of anilines is 1. The van der Waals surface area contributed by atoms with Crippen LogP contribution in [0.4, 0.5) is 10.6 Å². The van der Waals surface area contributed by atoms with Gasteiger partial charge in [0.15, 0.2) is 5.65 Å². The van der Waals surface area contributed by atoms with Crippen molar-refractivity contribution in [3.05, 3.63) is 108 Å². The molecule has 4 N–H and O–H groups in total. The van der Waals surface area contributed by atoms with Crippen LogP contribution in [0.15, 0.2) is 91.3 Å². The largest absolute Gasteiger partial charge is 0.383 e. The lowest BCUT2D eigenvalue weighted by atomic mass is 9.90. The van der Waals surface area contributed by atoms with E-state index in [1.807, 2.05) is 60.7 Å². The highest BCUT2D eigenvalue weighted by Gasteiger charge is 2.31. The molecule has 1 atom stereocenters. The molecule has 3 heterocycles. The van der Waals surface area contributed by atoms with E-state index in [-0.39, 0.29) is 18.1 Å². The minimum Gasteiger partial charge on any atom is -0.383 e. The van der Waals surface area contributed by atoms with Crippen LogP contribution in [0.5, 0.6) is 0 Å². The lowest BCUT2D eigenvalue weighted by Gasteiger charge is -2.41. The number of nitrogens with zero attached hydrogens (tertiary/aromatic N) is 6. The van der Waals surface area contributed by atoms with E-state index in [0.29, 0.717) is 18.4 Å². The molecule has 2 fully saturated rings. The lowest BCUT2D eigenvalue weighted by molar-refractivity contribution is 0.0815. The Kier molecular flexibility index (Phi) is 9.12. The zero-order valence-electron chi connectivity index (χ0n) is 26.9. The summed E-state index contributed by atoms with van der Waals surface area (Å²) in [6, 6.07) is 28.5. The standard InChI is InChI=1S/C37H43N9O/c1-44-20-22-45(23-21-44)30-16-18-31(19-17-30)46-36-32(35(38)40-25-41-36)34(43-46)29-14-12-28(13-15-29)33(27-10-6-3-7-11-27)42-37(47)39-24-26-8-4-2-5-9-26/h2-15,25,30-31,33H,16-24H2,1H3,(H2,38,40,41)(H2,39,42,47). The van der Waals surface area contributed by atoms with Crippen LogP contribution in [-0.4, -0.2) is 74.8 Å². The molecule has 3 aromatic carbocycles. The number of hydrogen-bond donors (Lipinski definition) is 3. The maximum atomic E-state index is 13.1. The van der Waals surface area contributed by atoms with Crippen LogP contribution >= 0.6 is 0 Å². The van der Waals surface area contributed by atoms with Crippen LogP contribution in [0, 0.1) is 0 Å². The van der Waals surface area contributed by atoms with E-state index < -0.39 is 0 Å². The number of fused-ring (bicyclic) bond motifs is 1. The maximum Gasteiger partial charge on any atom is 0.315 e. The fraction of sp³-hybridized carbons (Fsp3) is 0.351. The van der Waals surface area contributed by atoms with Crippen LogP contribution < -0.4 is 16.4 Å². The number of benzene rings is 3. The van der Waals surface area contributed by atoms with Gasteiger partial charge in [0.1, 0.15) is 17.8 Å². The maximum absolute atomic E-state index is 13.1. The number of carbonyl (C=O) groups is 1. The number of hydrogen-bond acceptors (Lipinski definition) is 7. The second kappa shape index (κ2) is 13.9. The number of piperazine rings is 1. The van der Waals surface area contributed by atoms with Crippen LogP contribution in [0.1, 0.15) is 54.5 Å². The fourth-order valence-corrected chi connectivity index (χ4v) is 7.11. The Hall–Kier alpha value is -4.80. The molecule has 10 heteroatoms. The van der Waals surface area contributed by atoms with Crippen molar-refractivity contribution in [2.75, 3.05) is 39.0 Å². The number of aromatic nitrogens is 4. The van der Waals surface area contributed by atoms with Gasteiger partial charge in [0.25, 0.3) is 0 Å². The minimum absolute atomic E-state index is 0.233. The topological polar surface area (TPSA) is 117 Å². The average molecular weight is 630 g/mol. The van der Waals surface area contributed by atoms with Crippen molar-refractivity contribution in [3.8, 4) is 11.3 Å². The third-order valence-corrected chi connectivity index (χ3v) is 9.81. The van der Waals surface area contributed by atoms with E-state index in [9.17, 15) is 4.79 Å². The van der Waals surface area contributed by atoms with E-state index in [4.69, 9.17) is 10.8 Å². The van der Waals surface area contributed by atoms with Gasteiger partial charge in [-0.05, 0) is 49.4 Å².